The maximum Gasteiger partial charge on any atom is 0.330 e. The van der Waals surface area contributed by atoms with Crippen LogP contribution in [0, 0.1) is 0 Å². The van der Waals surface area contributed by atoms with Crippen molar-refractivity contribution in [1.29, 1.82) is 0 Å². The van der Waals surface area contributed by atoms with E-state index >= 15 is 0 Å². The molecule has 0 amide bonds. The lowest BCUT2D eigenvalue weighted by molar-refractivity contribution is -0.145. The summed E-state index contributed by atoms with van der Waals surface area (Å²) in [4.78, 5) is 19.5. The molecule has 0 radical (unpaired) electrons. The van der Waals surface area contributed by atoms with Crippen LogP contribution in [0.4, 0.5) is 0 Å². The van der Waals surface area contributed by atoms with Gasteiger partial charge in [0.25, 0.3) is 0 Å². The fourth-order valence-electron chi connectivity index (χ4n) is 1.72. The van der Waals surface area contributed by atoms with Gasteiger partial charge in [-0.05, 0) is 30.2 Å². The summed E-state index contributed by atoms with van der Waals surface area (Å²) in [7, 11) is 1.36. The van der Waals surface area contributed by atoms with Crippen molar-refractivity contribution in [2.45, 2.75) is 19.4 Å². The highest BCUT2D eigenvalue weighted by Gasteiger charge is 2.20. The van der Waals surface area contributed by atoms with Gasteiger partial charge in [0.1, 0.15) is 11.7 Å². The number of nitrogens with zero attached hydrogens (tertiary/aromatic N) is 4. The predicted molar refractivity (Wildman–Crippen MR) is 69.6 cm³/mol. The molecule has 19 heavy (non-hydrogen) atoms. The molecule has 0 saturated heterocycles. The number of rotatable bonds is 4. The van der Waals surface area contributed by atoms with Gasteiger partial charge >= 0.3 is 5.97 Å². The molecule has 6 nitrogen and oxygen atoms in total. The van der Waals surface area contributed by atoms with Gasteiger partial charge in [0.2, 0.25) is 5.28 Å². The highest BCUT2D eigenvalue weighted by atomic mass is 35.5. The molecule has 0 N–H and O–H groups in total. The van der Waals surface area contributed by atoms with Gasteiger partial charge in [0.15, 0.2) is 0 Å². The number of carbonyl (C=O) groups is 1. The number of halogens is 1. The predicted octanol–water partition coefficient (Wildman–Crippen LogP) is 2.12. The lowest BCUT2D eigenvalue weighted by Gasteiger charge is -2.12. The number of esters is 1. The zero-order chi connectivity index (χ0) is 13.8. The maximum absolute atomic E-state index is 11.6. The molecule has 0 fully saturated rings. The van der Waals surface area contributed by atoms with Crippen LogP contribution in [0.2, 0.25) is 5.28 Å². The number of aromatic nitrogens is 4. The Kier molecular flexibility index (Phi) is 4.11. The van der Waals surface area contributed by atoms with E-state index in [1.54, 1.807) is 29.2 Å². The molecule has 2 aromatic heterocycles. The van der Waals surface area contributed by atoms with Crippen molar-refractivity contribution in [3.8, 4) is 11.4 Å². The van der Waals surface area contributed by atoms with E-state index in [1.807, 2.05) is 6.92 Å². The van der Waals surface area contributed by atoms with E-state index in [-0.39, 0.29) is 11.3 Å². The van der Waals surface area contributed by atoms with Gasteiger partial charge in [-0.2, -0.15) is 5.10 Å². The van der Waals surface area contributed by atoms with Gasteiger partial charge < -0.3 is 4.74 Å². The van der Waals surface area contributed by atoms with E-state index in [4.69, 9.17) is 16.3 Å². The van der Waals surface area contributed by atoms with Crippen LogP contribution in [0.25, 0.3) is 11.4 Å². The number of hydrogen-bond acceptors (Lipinski definition) is 5. The Labute approximate surface area is 115 Å². The maximum atomic E-state index is 11.6. The number of methoxy groups -OCH3 is 1. The standard InChI is InChI=1S/C12H13ClN4O2/c1-3-10(11(18)19-2)17-7-5-9(16-17)8-4-6-14-12(13)15-8/h4-7,10H,3H2,1-2H3. The van der Waals surface area contributed by atoms with E-state index in [0.717, 1.165) is 0 Å². The molecule has 100 valence electrons. The van der Waals surface area contributed by atoms with Crippen molar-refractivity contribution < 1.29 is 9.53 Å². The second-order valence-corrected chi connectivity index (χ2v) is 4.18. The Morgan fingerprint density at radius 1 is 1.47 bits per heavy atom. The summed E-state index contributed by atoms with van der Waals surface area (Å²) in [6.45, 7) is 1.89. The molecule has 1 atom stereocenters. The second kappa shape index (κ2) is 5.79. The van der Waals surface area contributed by atoms with Gasteiger partial charge in [-0.15, -0.1) is 0 Å². The fourth-order valence-corrected chi connectivity index (χ4v) is 1.87. The second-order valence-electron chi connectivity index (χ2n) is 3.84. The topological polar surface area (TPSA) is 69.9 Å². The fraction of sp³-hybridized carbons (Fsp3) is 0.333. The summed E-state index contributed by atoms with van der Waals surface area (Å²) in [6, 6.07) is 3.04. The smallest absolute Gasteiger partial charge is 0.330 e. The Morgan fingerprint density at radius 3 is 2.89 bits per heavy atom. The molecular formula is C12H13ClN4O2. The molecule has 2 heterocycles. The molecule has 0 aromatic carbocycles. The van der Waals surface area contributed by atoms with Gasteiger partial charge in [-0.1, -0.05) is 6.92 Å². The van der Waals surface area contributed by atoms with Crippen molar-refractivity contribution in [1.82, 2.24) is 19.7 Å². The van der Waals surface area contributed by atoms with Crippen LogP contribution in [0.15, 0.2) is 24.5 Å². The van der Waals surface area contributed by atoms with Crippen LogP contribution < -0.4 is 0 Å². The summed E-state index contributed by atoms with van der Waals surface area (Å²) in [5.74, 6) is -0.321. The summed E-state index contributed by atoms with van der Waals surface area (Å²) in [5.41, 5.74) is 1.24. The van der Waals surface area contributed by atoms with Crippen molar-refractivity contribution in [3.63, 3.8) is 0 Å². The minimum atomic E-state index is -0.434. The van der Waals surface area contributed by atoms with Crippen LogP contribution in [0.1, 0.15) is 19.4 Å². The lowest BCUT2D eigenvalue weighted by atomic mass is 10.2. The van der Waals surface area contributed by atoms with Crippen molar-refractivity contribution in [2.24, 2.45) is 0 Å². The number of carbonyl (C=O) groups excluding carboxylic acids is 1. The van der Waals surface area contributed by atoms with Gasteiger partial charge in [0.05, 0.1) is 12.8 Å². The third kappa shape index (κ3) is 2.90. The van der Waals surface area contributed by atoms with Gasteiger partial charge in [0, 0.05) is 12.4 Å². The molecule has 0 saturated carbocycles. The molecule has 2 rings (SSSR count). The molecule has 2 aromatic rings. The first-order valence-corrected chi connectivity index (χ1v) is 6.15. The van der Waals surface area contributed by atoms with Crippen LogP contribution in [-0.4, -0.2) is 32.8 Å². The summed E-state index contributed by atoms with van der Waals surface area (Å²) in [6.07, 6.45) is 3.87. The van der Waals surface area contributed by atoms with E-state index < -0.39 is 6.04 Å². The average Bonchev–Trinajstić information content (AvgIpc) is 2.89. The van der Waals surface area contributed by atoms with Crippen molar-refractivity contribution >= 4 is 17.6 Å². The zero-order valence-electron chi connectivity index (χ0n) is 10.6. The van der Waals surface area contributed by atoms with E-state index in [0.29, 0.717) is 17.8 Å². The minimum absolute atomic E-state index is 0.159. The quantitative estimate of drug-likeness (QED) is 0.634. The minimum Gasteiger partial charge on any atom is -0.467 e. The van der Waals surface area contributed by atoms with E-state index in [9.17, 15) is 4.79 Å². The molecule has 0 aliphatic carbocycles. The highest BCUT2D eigenvalue weighted by molar-refractivity contribution is 6.28. The summed E-state index contributed by atoms with van der Waals surface area (Å²) < 4.78 is 6.31. The lowest BCUT2D eigenvalue weighted by Crippen LogP contribution is -2.20. The van der Waals surface area contributed by atoms with Crippen molar-refractivity contribution in [3.05, 3.63) is 29.8 Å². The first-order chi connectivity index (χ1) is 9.15. The Hall–Kier alpha value is -1.95. The van der Waals surface area contributed by atoms with Crippen molar-refractivity contribution in [2.75, 3.05) is 7.11 Å². The third-order valence-electron chi connectivity index (χ3n) is 2.68. The van der Waals surface area contributed by atoms with Crippen LogP contribution in [-0.2, 0) is 9.53 Å². The Morgan fingerprint density at radius 2 is 2.26 bits per heavy atom. The molecular weight excluding hydrogens is 268 g/mol. The first-order valence-electron chi connectivity index (χ1n) is 5.77. The molecule has 1 unspecified atom stereocenters. The first kappa shape index (κ1) is 13.5. The summed E-state index contributed by atoms with van der Waals surface area (Å²) >= 11 is 5.73. The van der Waals surface area contributed by atoms with Crippen LogP contribution in [0.5, 0.6) is 0 Å². The van der Waals surface area contributed by atoms with Crippen LogP contribution >= 0.6 is 11.6 Å². The molecule has 0 bridgehead atoms. The molecule has 0 spiro atoms. The normalized spacial score (nSPS) is 12.2. The monoisotopic (exact) mass is 280 g/mol. The summed E-state index contributed by atoms with van der Waals surface area (Å²) in [5, 5.41) is 4.49. The molecule has 0 aliphatic rings. The highest BCUT2D eigenvalue weighted by Crippen LogP contribution is 2.19. The number of hydrogen-bond donors (Lipinski definition) is 0. The van der Waals surface area contributed by atoms with Gasteiger partial charge in [-0.3, -0.25) is 4.68 Å². The van der Waals surface area contributed by atoms with Gasteiger partial charge in [-0.25, -0.2) is 14.8 Å². The zero-order valence-corrected chi connectivity index (χ0v) is 11.3. The van der Waals surface area contributed by atoms with E-state index in [1.165, 1.54) is 7.11 Å². The number of ether oxygens (including phenoxy) is 1. The SMILES string of the molecule is CCC(C(=O)OC)n1ccc(-c2ccnc(Cl)n2)n1. The largest absolute Gasteiger partial charge is 0.467 e. The Balaban J connectivity index is 2.30. The Bertz CT molecular complexity index is 585. The molecule has 7 heteroatoms. The average molecular weight is 281 g/mol. The van der Waals surface area contributed by atoms with Crippen LogP contribution in [0.3, 0.4) is 0 Å². The third-order valence-corrected chi connectivity index (χ3v) is 2.86. The molecule has 0 aliphatic heterocycles. The van der Waals surface area contributed by atoms with E-state index in [2.05, 4.69) is 15.1 Å².